The fourth-order valence-electron chi connectivity index (χ4n) is 2.84. The maximum Gasteiger partial charge on any atom is 0.194 e. The monoisotopic (exact) mass is 363 g/mol. The number of aliphatic imine (C=N–C) groups is 1. The first-order chi connectivity index (χ1) is 11.9. The average Bonchev–Trinajstić information content (AvgIpc) is 2.87. The molecule has 6 nitrogen and oxygen atoms in total. The summed E-state index contributed by atoms with van der Waals surface area (Å²) in [4.78, 5) is 10.9. The number of ether oxygens (including phenoxy) is 1. The summed E-state index contributed by atoms with van der Waals surface area (Å²) in [6.45, 7) is 5.29. The number of hydrogen-bond donors (Lipinski definition) is 1. The van der Waals surface area contributed by atoms with Crippen molar-refractivity contribution in [3.63, 3.8) is 0 Å². The molecule has 0 spiro atoms. The molecule has 0 aliphatic carbocycles. The Labute approximate surface area is 154 Å². The van der Waals surface area contributed by atoms with E-state index in [-0.39, 0.29) is 0 Å². The van der Waals surface area contributed by atoms with Crippen molar-refractivity contribution in [2.24, 2.45) is 12.0 Å². The standard InChI is InChI=1S/C18H26ClN5O/c1-12-8-21-16(13(2)17(12)25-6)9-22-18(20-3)24(5)11-15-7-14(19)10-23(15)4/h7-8,10H,9,11H2,1-6H3,(H,20,22). The van der Waals surface area contributed by atoms with Gasteiger partial charge in [0, 0.05) is 50.4 Å². The van der Waals surface area contributed by atoms with Crippen LogP contribution in [0.15, 0.2) is 23.5 Å². The van der Waals surface area contributed by atoms with Crippen LogP contribution in [-0.4, -0.2) is 41.6 Å². The fourth-order valence-corrected chi connectivity index (χ4v) is 3.11. The van der Waals surface area contributed by atoms with Crippen LogP contribution in [0.4, 0.5) is 0 Å². The van der Waals surface area contributed by atoms with Crippen molar-refractivity contribution in [1.29, 1.82) is 0 Å². The number of nitrogens with one attached hydrogen (secondary N) is 1. The third-order valence-corrected chi connectivity index (χ3v) is 4.42. The van der Waals surface area contributed by atoms with Crippen LogP contribution in [-0.2, 0) is 20.1 Å². The van der Waals surface area contributed by atoms with Gasteiger partial charge in [0.15, 0.2) is 5.96 Å². The minimum Gasteiger partial charge on any atom is -0.496 e. The Kier molecular flexibility index (Phi) is 6.31. The van der Waals surface area contributed by atoms with Gasteiger partial charge in [-0.25, -0.2) is 0 Å². The molecule has 0 saturated heterocycles. The van der Waals surface area contributed by atoms with Gasteiger partial charge < -0.3 is 19.5 Å². The Balaban J connectivity index is 2.06. The lowest BCUT2D eigenvalue weighted by atomic mass is 10.1. The minimum atomic E-state index is 0.577. The molecule has 0 atom stereocenters. The normalized spacial score (nSPS) is 11.6. The van der Waals surface area contributed by atoms with Crippen molar-refractivity contribution in [1.82, 2.24) is 19.8 Å². The number of guanidine groups is 1. The van der Waals surface area contributed by atoms with E-state index >= 15 is 0 Å². The van der Waals surface area contributed by atoms with Crippen LogP contribution in [0.3, 0.4) is 0 Å². The molecule has 7 heteroatoms. The lowest BCUT2D eigenvalue weighted by Crippen LogP contribution is -2.38. The van der Waals surface area contributed by atoms with Crippen molar-refractivity contribution >= 4 is 17.6 Å². The molecule has 0 aromatic carbocycles. The minimum absolute atomic E-state index is 0.577. The molecule has 136 valence electrons. The molecule has 0 saturated carbocycles. The molecule has 25 heavy (non-hydrogen) atoms. The number of aromatic nitrogens is 2. The maximum absolute atomic E-state index is 6.06. The SMILES string of the molecule is CN=C(NCc1ncc(C)c(OC)c1C)N(C)Cc1cc(Cl)cn1C. The molecule has 1 N–H and O–H groups in total. The quantitative estimate of drug-likeness (QED) is 0.655. The largest absolute Gasteiger partial charge is 0.496 e. The Hall–Kier alpha value is -2.21. The summed E-state index contributed by atoms with van der Waals surface area (Å²) < 4.78 is 7.48. The van der Waals surface area contributed by atoms with E-state index in [4.69, 9.17) is 16.3 Å². The second kappa shape index (κ2) is 8.25. The molecule has 0 amide bonds. The fraction of sp³-hybridized carbons (Fsp3) is 0.444. The second-order valence-corrected chi connectivity index (χ2v) is 6.50. The molecule has 2 heterocycles. The summed E-state index contributed by atoms with van der Waals surface area (Å²) in [6.07, 6.45) is 3.73. The summed E-state index contributed by atoms with van der Waals surface area (Å²) in [5.41, 5.74) is 4.13. The van der Waals surface area contributed by atoms with Gasteiger partial charge in [0.1, 0.15) is 5.75 Å². The number of methoxy groups -OCH3 is 1. The molecule has 0 aliphatic rings. The van der Waals surface area contributed by atoms with E-state index < -0.39 is 0 Å². The summed E-state index contributed by atoms with van der Waals surface area (Å²) in [5.74, 6) is 1.67. The number of pyridine rings is 1. The van der Waals surface area contributed by atoms with Gasteiger partial charge in [-0.2, -0.15) is 0 Å². The summed E-state index contributed by atoms with van der Waals surface area (Å²) >= 11 is 6.06. The third-order valence-electron chi connectivity index (χ3n) is 4.21. The highest BCUT2D eigenvalue weighted by atomic mass is 35.5. The predicted octanol–water partition coefficient (Wildman–Crippen LogP) is 2.91. The predicted molar refractivity (Wildman–Crippen MR) is 102 cm³/mol. The Morgan fingerprint density at radius 1 is 1.44 bits per heavy atom. The van der Waals surface area contributed by atoms with E-state index in [1.807, 2.05) is 55.9 Å². The van der Waals surface area contributed by atoms with Gasteiger partial charge in [-0.3, -0.25) is 9.98 Å². The van der Waals surface area contributed by atoms with Crippen LogP contribution < -0.4 is 10.1 Å². The van der Waals surface area contributed by atoms with Crippen molar-refractivity contribution in [2.75, 3.05) is 21.2 Å². The summed E-state index contributed by atoms with van der Waals surface area (Å²) in [6, 6.07) is 1.96. The van der Waals surface area contributed by atoms with E-state index in [1.165, 1.54) is 0 Å². The van der Waals surface area contributed by atoms with Gasteiger partial charge in [0.05, 0.1) is 30.9 Å². The highest BCUT2D eigenvalue weighted by Crippen LogP contribution is 2.23. The molecule has 0 aliphatic heterocycles. The molecule has 0 radical (unpaired) electrons. The zero-order valence-corrected chi connectivity index (χ0v) is 16.5. The lowest BCUT2D eigenvalue weighted by Gasteiger charge is -2.23. The van der Waals surface area contributed by atoms with Crippen LogP contribution in [0, 0.1) is 13.8 Å². The topological polar surface area (TPSA) is 54.7 Å². The first kappa shape index (κ1) is 19.1. The highest BCUT2D eigenvalue weighted by Gasteiger charge is 2.13. The smallest absolute Gasteiger partial charge is 0.194 e. The second-order valence-electron chi connectivity index (χ2n) is 6.06. The van der Waals surface area contributed by atoms with Gasteiger partial charge in [0.2, 0.25) is 0 Å². The van der Waals surface area contributed by atoms with Crippen molar-refractivity contribution in [3.8, 4) is 5.75 Å². The van der Waals surface area contributed by atoms with Crippen LogP contribution in [0.2, 0.25) is 5.02 Å². The number of hydrogen-bond acceptors (Lipinski definition) is 3. The van der Waals surface area contributed by atoms with Gasteiger partial charge in [-0.1, -0.05) is 11.6 Å². The van der Waals surface area contributed by atoms with Crippen LogP contribution in [0.5, 0.6) is 5.75 Å². The van der Waals surface area contributed by atoms with E-state index in [1.54, 1.807) is 14.2 Å². The van der Waals surface area contributed by atoms with E-state index in [0.29, 0.717) is 13.1 Å². The third kappa shape index (κ3) is 4.45. The lowest BCUT2D eigenvalue weighted by molar-refractivity contribution is 0.406. The maximum atomic E-state index is 6.06. The number of nitrogens with zero attached hydrogens (tertiary/aromatic N) is 4. The summed E-state index contributed by atoms with van der Waals surface area (Å²) in [5, 5.41) is 4.10. The molecule has 0 fully saturated rings. The number of aryl methyl sites for hydroxylation is 2. The zero-order chi connectivity index (χ0) is 18.6. The van der Waals surface area contributed by atoms with Gasteiger partial charge >= 0.3 is 0 Å². The molecular weight excluding hydrogens is 338 g/mol. The molecule has 2 aromatic rings. The molecular formula is C18H26ClN5O. The van der Waals surface area contributed by atoms with Crippen LogP contribution in [0.1, 0.15) is 22.5 Å². The van der Waals surface area contributed by atoms with Gasteiger partial charge in [-0.15, -0.1) is 0 Å². The molecule has 0 unspecified atom stereocenters. The number of rotatable bonds is 5. The Morgan fingerprint density at radius 2 is 2.16 bits per heavy atom. The first-order valence-electron chi connectivity index (χ1n) is 8.09. The number of halogens is 1. The molecule has 2 aromatic heterocycles. The van der Waals surface area contributed by atoms with E-state index in [2.05, 4.69) is 15.3 Å². The van der Waals surface area contributed by atoms with E-state index in [0.717, 1.165) is 39.2 Å². The average molecular weight is 364 g/mol. The van der Waals surface area contributed by atoms with Crippen LogP contribution >= 0.6 is 11.6 Å². The molecule has 0 bridgehead atoms. The van der Waals surface area contributed by atoms with Crippen molar-refractivity contribution < 1.29 is 4.74 Å². The first-order valence-corrected chi connectivity index (χ1v) is 8.46. The zero-order valence-electron chi connectivity index (χ0n) is 15.7. The van der Waals surface area contributed by atoms with Gasteiger partial charge in [0.25, 0.3) is 0 Å². The van der Waals surface area contributed by atoms with Gasteiger partial charge in [-0.05, 0) is 19.9 Å². The van der Waals surface area contributed by atoms with Crippen molar-refractivity contribution in [3.05, 3.63) is 46.0 Å². The van der Waals surface area contributed by atoms with E-state index in [9.17, 15) is 0 Å². The van der Waals surface area contributed by atoms with Crippen molar-refractivity contribution in [2.45, 2.75) is 26.9 Å². The van der Waals surface area contributed by atoms with Crippen LogP contribution in [0.25, 0.3) is 0 Å². The Morgan fingerprint density at radius 3 is 2.72 bits per heavy atom. The highest BCUT2D eigenvalue weighted by molar-refractivity contribution is 6.30. The Bertz CT molecular complexity index is 769. The summed E-state index contributed by atoms with van der Waals surface area (Å²) in [7, 11) is 7.43. The molecule has 2 rings (SSSR count).